The number of allylic oxidation sites excluding steroid dienone is 4. The van der Waals surface area contributed by atoms with E-state index in [0.29, 0.717) is 5.91 Å². The van der Waals surface area contributed by atoms with Gasteiger partial charge in [0.05, 0.1) is 33.4 Å². The fourth-order valence-electron chi connectivity index (χ4n) is 6.79. The van der Waals surface area contributed by atoms with E-state index in [1.165, 1.54) is 161 Å². The third-order valence-corrected chi connectivity index (χ3v) is 10.4. The van der Waals surface area contributed by atoms with Crippen LogP contribution in [0.5, 0.6) is 0 Å². The van der Waals surface area contributed by atoms with Crippen LogP contribution in [0.25, 0.3) is 0 Å². The lowest BCUT2D eigenvalue weighted by Gasteiger charge is -2.39. The van der Waals surface area contributed by atoms with Crippen molar-refractivity contribution in [2.24, 2.45) is 0 Å². The Balaban J connectivity index is 2.16. The number of likely N-dealkylation sites (N-methyl/N-ethyl adjacent to an activating group) is 1. The van der Waals surface area contributed by atoms with Gasteiger partial charge in [0.1, 0.15) is 13.1 Å². The number of quaternary nitrogens is 1. The van der Waals surface area contributed by atoms with Gasteiger partial charge in [0.15, 0.2) is 0 Å². The fourth-order valence-corrected chi connectivity index (χ4v) is 6.79. The minimum atomic E-state index is 0.398. The molecule has 0 aliphatic carbocycles. The summed E-state index contributed by atoms with van der Waals surface area (Å²) in [4.78, 5) is 15.5. The predicted octanol–water partition coefficient (Wildman–Crippen LogP) is 12.4. The van der Waals surface area contributed by atoms with Gasteiger partial charge in [-0.2, -0.15) is 0 Å². The second-order valence-corrected chi connectivity index (χ2v) is 15.1. The molecule has 1 heterocycles. The number of hydrogen-bond donors (Lipinski definition) is 0. The van der Waals surface area contributed by atoms with E-state index in [-0.39, 0.29) is 0 Å². The summed E-state index contributed by atoms with van der Waals surface area (Å²) in [7, 11) is 2.35. The summed E-state index contributed by atoms with van der Waals surface area (Å²) in [6.45, 7) is 11.3. The van der Waals surface area contributed by atoms with Gasteiger partial charge in [-0.25, -0.2) is 0 Å². The van der Waals surface area contributed by atoms with Gasteiger partial charge in [0.2, 0.25) is 5.91 Å². The van der Waals surface area contributed by atoms with Gasteiger partial charge in [-0.1, -0.05) is 147 Å². The third-order valence-electron chi connectivity index (χ3n) is 10.4. The molecule has 0 N–H and O–H groups in total. The van der Waals surface area contributed by atoms with Crippen LogP contribution in [0, 0.1) is 0 Å². The topological polar surface area (TPSA) is 29.5 Å². The monoisotopic (exact) mass is 660 g/mol. The molecular weight excluding hydrogens is 576 g/mol. The summed E-state index contributed by atoms with van der Waals surface area (Å²) in [5, 5.41) is 0. The van der Waals surface area contributed by atoms with Crippen LogP contribution in [0.4, 0.5) is 0 Å². The Hall–Kier alpha value is -1.13. The second-order valence-electron chi connectivity index (χ2n) is 15.1. The van der Waals surface area contributed by atoms with Gasteiger partial charge in [-0.3, -0.25) is 4.79 Å². The molecule has 0 unspecified atom stereocenters. The summed E-state index contributed by atoms with van der Waals surface area (Å²) in [5.41, 5.74) is 0. The Morgan fingerprint density at radius 1 is 0.532 bits per heavy atom. The summed E-state index contributed by atoms with van der Waals surface area (Å²) in [6, 6.07) is 0. The van der Waals surface area contributed by atoms with Crippen molar-refractivity contribution in [3.63, 3.8) is 0 Å². The van der Waals surface area contributed by atoms with Crippen molar-refractivity contribution in [3.8, 4) is 0 Å². The van der Waals surface area contributed by atoms with Crippen molar-refractivity contribution in [1.29, 1.82) is 0 Å². The number of amides is 1. The molecule has 4 nitrogen and oxygen atoms in total. The smallest absolute Gasteiger partial charge is 0.222 e. The zero-order valence-corrected chi connectivity index (χ0v) is 32.3. The first-order valence-corrected chi connectivity index (χ1v) is 21.1. The first-order valence-electron chi connectivity index (χ1n) is 21.1. The standard InChI is InChI=1S/C43H83N2O2/c1-4-6-8-10-12-14-16-18-20-22-24-26-28-30-32-34-36-44(37-38-45(3)39-41-47-42-40-45)43(46)35-33-31-29-27-25-23-21-19-17-15-13-11-9-7-5-2/h18-21H,4-17,22-42H2,1-3H3/q+1/b20-18-,21-19-. The Kier molecular flexibility index (Phi) is 31.2. The van der Waals surface area contributed by atoms with Gasteiger partial charge >= 0.3 is 0 Å². The molecule has 0 saturated carbocycles. The molecule has 1 aliphatic heterocycles. The third kappa shape index (κ3) is 28.4. The van der Waals surface area contributed by atoms with E-state index in [1.807, 2.05) is 0 Å². The maximum atomic E-state index is 13.3. The van der Waals surface area contributed by atoms with Crippen LogP contribution in [0.1, 0.15) is 194 Å². The Morgan fingerprint density at radius 2 is 0.915 bits per heavy atom. The molecule has 0 aromatic carbocycles. The molecule has 0 bridgehead atoms. The van der Waals surface area contributed by atoms with E-state index in [1.54, 1.807) is 0 Å². The molecule has 0 spiro atoms. The van der Waals surface area contributed by atoms with E-state index >= 15 is 0 Å². The van der Waals surface area contributed by atoms with Crippen LogP contribution >= 0.6 is 0 Å². The first kappa shape index (κ1) is 43.9. The van der Waals surface area contributed by atoms with Crippen molar-refractivity contribution in [2.45, 2.75) is 194 Å². The van der Waals surface area contributed by atoms with Crippen LogP contribution in [-0.2, 0) is 9.53 Å². The molecule has 0 atom stereocenters. The number of hydrogen-bond acceptors (Lipinski definition) is 2. The summed E-state index contributed by atoms with van der Waals surface area (Å²) < 4.78 is 6.66. The van der Waals surface area contributed by atoms with Crippen molar-refractivity contribution in [1.82, 2.24) is 4.90 Å². The van der Waals surface area contributed by atoms with Crippen molar-refractivity contribution < 1.29 is 14.0 Å². The molecule has 276 valence electrons. The summed E-state index contributed by atoms with van der Waals surface area (Å²) in [5.74, 6) is 0.398. The highest BCUT2D eigenvalue weighted by Crippen LogP contribution is 2.15. The highest BCUT2D eigenvalue weighted by Gasteiger charge is 2.26. The zero-order chi connectivity index (χ0) is 33.9. The summed E-state index contributed by atoms with van der Waals surface area (Å²) >= 11 is 0. The molecule has 1 aliphatic rings. The predicted molar refractivity (Wildman–Crippen MR) is 207 cm³/mol. The van der Waals surface area contributed by atoms with E-state index in [2.05, 4.69) is 50.1 Å². The molecule has 47 heavy (non-hydrogen) atoms. The minimum Gasteiger partial charge on any atom is -0.370 e. The highest BCUT2D eigenvalue weighted by atomic mass is 16.5. The highest BCUT2D eigenvalue weighted by molar-refractivity contribution is 5.76. The van der Waals surface area contributed by atoms with Crippen LogP contribution in [0.2, 0.25) is 0 Å². The number of rotatable bonds is 34. The molecule has 0 aromatic rings. The van der Waals surface area contributed by atoms with E-state index in [0.717, 1.165) is 69.7 Å². The minimum absolute atomic E-state index is 0.398. The quantitative estimate of drug-likeness (QED) is 0.0391. The van der Waals surface area contributed by atoms with Crippen LogP contribution in [-0.4, -0.2) is 68.3 Å². The number of carbonyl (C=O) groups excluding carboxylic acids is 1. The molecule has 1 amide bonds. The summed E-state index contributed by atoms with van der Waals surface area (Å²) in [6.07, 6.45) is 45.9. The van der Waals surface area contributed by atoms with E-state index < -0.39 is 0 Å². The van der Waals surface area contributed by atoms with Gasteiger partial charge in [-0.15, -0.1) is 0 Å². The molecule has 0 radical (unpaired) electrons. The number of nitrogens with zero attached hydrogens (tertiary/aromatic N) is 2. The van der Waals surface area contributed by atoms with Crippen LogP contribution in [0.15, 0.2) is 24.3 Å². The Labute approximate surface area is 295 Å². The maximum absolute atomic E-state index is 13.3. The van der Waals surface area contributed by atoms with Gasteiger partial charge in [0, 0.05) is 13.0 Å². The second kappa shape index (κ2) is 33.4. The average molecular weight is 660 g/mol. The van der Waals surface area contributed by atoms with Gasteiger partial charge in [-0.05, 0) is 64.2 Å². The zero-order valence-electron chi connectivity index (χ0n) is 32.3. The van der Waals surface area contributed by atoms with Crippen molar-refractivity contribution >= 4 is 5.91 Å². The lowest BCUT2D eigenvalue weighted by Crippen LogP contribution is -2.55. The lowest BCUT2D eigenvalue weighted by atomic mass is 10.1. The Morgan fingerprint density at radius 3 is 1.36 bits per heavy atom. The number of unbranched alkanes of at least 4 members (excludes halogenated alkanes) is 23. The van der Waals surface area contributed by atoms with E-state index in [4.69, 9.17) is 4.74 Å². The molecule has 4 heteroatoms. The van der Waals surface area contributed by atoms with Crippen molar-refractivity contribution in [2.75, 3.05) is 53.0 Å². The normalized spacial score (nSPS) is 14.9. The number of ether oxygens (including phenoxy) is 1. The molecule has 1 fully saturated rings. The van der Waals surface area contributed by atoms with Gasteiger partial charge in [0.25, 0.3) is 0 Å². The first-order chi connectivity index (χ1) is 23.1. The number of morpholine rings is 1. The van der Waals surface area contributed by atoms with Crippen molar-refractivity contribution in [3.05, 3.63) is 24.3 Å². The molecule has 1 rings (SSSR count). The average Bonchev–Trinajstić information content (AvgIpc) is 3.07. The maximum Gasteiger partial charge on any atom is 0.222 e. The largest absolute Gasteiger partial charge is 0.370 e. The molecular formula is C43H83N2O2+. The van der Waals surface area contributed by atoms with Crippen LogP contribution < -0.4 is 0 Å². The molecule has 0 aromatic heterocycles. The van der Waals surface area contributed by atoms with E-state index in [9.17, 15) is 4.79 Å². The molecule has 1 saturated heterocycles. The van der Waals surface area contributed by atoms with Gasteiger partial charge < -0.3 is 14.1 Å². The lowest BCUT2D eigenvalue weighted by molar-refractivity contribution is -0.916. The number of carbonyl (C=O) groups is 1. The van der Waals surface area contributed by atoms with Crippen LogP contribution in [0.3, 0.4) is 0 Å². The SMILES string of the molecule is CCCCCCCC/C=C\CCCCCCCCN(CC[N+]1(C)CCOCC1)C(=O)CCCCCCC/C=C\CCCCCCCC. The Bertz CT molecular complexity index is 727. The fraction of sp³-hybridized carbons (Fsp3) is 0.884.